The van der Waals surface area contributed by atoms with E-state index in [9.17, 15) is 0 Å². The third-order valence-electron chi connectivity index (χ3n) is 1.64. The molecular weight excluding hydrogens is 138 g/mol. The van der Waals surface area contributed by atoms with Gasteiger partial charge in [0.25, 0.3) is 0 Å². The number of benzene rings is 1. The van der Waals surface area contributed by atoms with E-state index in [0.717, 1.165) is 11.4 Å². The highest BCUT2D eigenvalue weighted by atomic mass is 16.5. The number of hydrogen-bond acceptors (Lipinski definition) is 2. The van der Waals surface area contributed by atoms with E-state index in [1.807, 2.05) is 25.1 Å². The average molecular weight is 147 g/mol. The maximum atomic E-state index is 5.26. The van der Waals surface area contributed by atoms with Gasteiger partial charge in [-0.2, -0.15) is 0 Å². The molecule has 2 heteroatoms. The lowest BCUT2D eigenvalue weighted by Crippen LogP contribution is -1.98. The van der Waals surface area contributed by atoms with Gasteiger partial charge in [-0.3, -0.25) is 0 Å². The van der Waals surface area contributed by atoms with Crippen LogP contribution in [0.1, 0.15) is 5.56 Å². The van der Waals surface area contributed by atoms with Crippen LogP contribution in [0, 0.1) is 6.92 Å². The Bertz CT molecular complexity index is 304. The summed E-state index contributed by atoms with van der Waals surface area (Å²) in [6.07, 6.45) is 3.42. The van der Waals surface area contributed by atoms with Crippen LogP contribution in [0.3, 0.4) is 0 Å². The lowest BCUT2D eigenvalue weighted by atomic mass is 10.2. The Hall–Kier alpha value is -1.44. The van der Waals surface area contributed by atoms with E-state index in [4.69, 9.17) is 4.74 Å². The molecule has 0 amide bonds. The van der Waals surface area contributed by atoms with Crippen molar-refractivity contribution in [2.75, 3.05) is 5.32 Å². The van der Waals surface area contributed by atoms with Crippen molar-refractivity contribution < 1.29 is 4.74 Å². The normalized spacial score (nSPS) is 13.2. The van der Waals surface area contributed by atoms with Gasteiger partial charge in [-0.25, -0.2) is 0 Å². The second-order valence-electron chi connectivity index (χ2n) is 2.56. The van der Waals surface area contributed by atoms with Crippen molar-refractivity contribution in [2.24, 2.45) is 0 Å². The highest BCUT2D eigenvalue weighted by Gasteiger charge is 2.03. The molecule has 2 nitrogen and oxygen atoms in total. The molecule has 0 spiro atoms. The fourth-order valence-electron chi connectivity index (χ4n) is 1.08. The molecule has 0 fully saturated rings. The summed E-state index contributed by atoms with van der Waals surface area (Å²) in [7, 11) is 0. The number of ether oxygens (including phenoxy) is 1. The number of anilines is 1. The Kier molecular flexibility index (Phi) is 1.32. The Morgan fingerprint density at radius 2 is 2.27 bits per heavy atom. The molecule has 1 aliphatic heterocycles. The van der Waals surface area contributed by atoms with Crippen molar-refractivity contribution in [3.63, 3.8) is 0 Å². The molecule has 1 aromatic carbocycles. The fraction of sp³-hybridized carbons (Fsp3) is 0.111. The van der Waals surface area contributed by atoms with Gasteiger partial charge < -0.3 is 10.1 Å². The molecule has 0 aliphatic carbocycles. The quantitative estimate of drug-likeness (QED) is 0.607. The van der Waals surface area contributed by atoms with E-state index in [1.54, 1.807) is 12.5 Å². The minimum absolute atomic E-state index is 0.896. The van der Waals surface area contributed by atoms with Crippen molar-refractivity contribution in [1.29, 1.82) is 0 Å². The lowest BCUT2D eigenvalue weighted by molar-refractivity contribution is 0.476. The highest BCUT2D eigenvalue weighted by molar-refractivity contribution is 5.60. The average Bonchev–Trinajstić information content (AvgIpc) is 2.04. The molecule has 0 saturated heterocycles. The van der Waals surface area contributed by atoms with Gasteiger partial charge in [0.1, 0.15) is 12.0 Å². The Labute approximate surface area is 65.5 Å². The monoisotopic (exact) mass is 147 g/mol. The van der Waals surface area contributed by atoms with Gasteiger partial charge in [0, 0.05) is 6.20 Å². The Morgan fingerprint density at radius 3 is 3.18 bits per heavy atom. The SMILES string of the molecule is Cc1ccc2c(c1)OC=CN2. The number of fused-ring (bicyclic) bond motifs is 1. The number of nitrogens with one attached hydrogen (secondary N) is 1. The number of aryl methyl sites for hydroxylation is 1. The summed E-state index contributed by atoms with van der Waals surface area (Å²) in [5, 5.41) is 3.08. The first-order valence-corrected chi connectivity index (χ1v) is 3.55. The van der Waals surface area contributed by atoms with Gasteiger partial charge >= 0.3 is 0 Å². The molecule has 0 saturated carbocycles. The van der Waals surface area contributed by atoms with Crippen molar-refractivity contribution in [1.82, 2.24) is 0 Å². The number of hydrogen-bond donors (Lipinski definition) is 1. The maximum Gasteiger partial charge on any atom is 0.150 e. The largest absolute Gasteiger partial charge is 0.461 e. The first kappa shape index (κ1) is 6.28. The minimum Gasteiger partial charge on any atom is -0.461 e. The molecule has 56 valence electrons. The first-order chi connectivity index (χ1) is 5.36. The first-order valence-electron chi connectivity index (χ1n) is 3.55. The third kappa shape index (κ3) is 1.07. The van der Waals surface area contributed by atoms with Crippen LogP contribution >= 0.6 is 0 Å². The zero-order valence-electron chi connectivity index (χ0n) is 6.29. The van der Waals surface area contributed by atoms with Crippen molar-refractivity contribution in [2.45, 2.75) is 6.92 Å². The van der Waals surface area contributed by atoms with E-state index in [0.29, 0.717) is 0 Å². The Morgan fingerprint density at radius 1 is 1.36 bits per heavy atom. The van der Waals surface area contributed by atoms with Gasteiger partial charge in [-0.15, -0.1) is 0 Å². The summed E-state index contributed by atoms with van der Waals surface area (Å²) in [4.78, 5) is 0. The van der Waals surface area contributed by atoms with Crippen LogP contribution in [0.25, 0.3) is 0 Å². The molecule has 11 heavy (non-hydrogen) atoms. The highest BCUT2D eigenvalue weighted by Crippen LogP contribution is 2.27. The fourth-order valence-corrected chi connectivity index (χ4v) is 1.08. The zero-order valence-corrected chi connectivity index (χ0v) is 6.29. The van der Waals surface area contributed by atoms with Crippen LogP contribution in [0.5, 0.6) is 5.75 Å². The lowest BCUT2D eigenvalue weighted by Gasteiger charge is -2.12. The summed E-state index contributed by atoms with van der Waals surface area (Å²) in [5.74, 6) is 0.896. The van der Waals surface area contributed by atoms with E-state index in [2.05, 4.69) is 5.32 Å². The second kappa shape index (κ2) is 2.31. The van der Waals surface area contributed by atoms with Gasteiger partial charge in [0.15, 0.2) is 0 Å². The molecule has 1 aliphatic rings. The van der Waals surface area contributed by atoms with E-state index in [-0.39, 0.29) is 0 Å². The summed E-state index contributed by atoms with van der Waals surface area (Å²) < 4.78 is 5.26. The molecule has 1 aromatic rings. The second-order valence-corrected chi connectivity index (χ2v) is 2.56. The van der Waals surface area contributed by atoms with Gasteiger partial charge in [-0.05, 0) is 24.6 Å². The topological polar surface area (TPSA) is 21.3 Å². The standard InChI is InChI=1S/C9H9NO/c1-7-2-3-8-9(6-7)11-5-4-10-8/h2-6,10H,1H3. The molecule has 0 atom stereocenters. The summed E-state index contributed by atoms with van der Waals surface area (Å²) >= 11 is 0. The third-order valence-corrected chi connectivity index (χ3v) is 1.64. The maximum absolute atomic E-state index is 5.26. The van der Waals surface area contributed by atoms with Crippen molar-refractivity contribution >= 4 is 5.69 Å². The predicted molar refractivity (Wildman–Crippen MR) is 44.6 cm³/mol. The molecule has 0 radical (unpaired) electrons. The summed E-state index contributed by atoms with van der Waals surface area (Å²) in [6, 6.07) is 6.06. The van der Waals surface area contributed by atoms with Crippen LogP contribution < -0.4 is 10.1 Å². The smallest absolute Gasteiger partial charge is 0.150 e. The van der Waals surface area contributed by atoms with E-state index >= 15 is 0 Å². The van der Waals surface area contributed by atoms with Crippen LogP contribution in [0.15, 0.2) is 30.7 Å². The summed E-state index contributed by atoms with van der Waals surface area (Å²) in [5.41, 5.74) is 2.24. The molecule has 1 heterocycles. The van der Waals surface area contributed by atoms with Gasteiger partial charge in [-0.1, -0.05) is 6.07 Å². The molecular formula is C9H9NO. The molecule has 1 N–H and O–H groups in total. The van der Waals surface area contributed by atoms with Crippen LogP contribution in [0.4, 0.5) is 5.69 Å². The Balaban J connectivity index is 2.48. The van der Waals surface area contributed by atoms with Gasteiger partial charge in [0.05, 0.1) is 5.69 Å². The molecule has 2 rings (SSSR count). The zero-order chi connectivity index (χ0) is 7.68. The minimum atomic E-state index is 0.896. The van der Waals surface area contributed by atoms with Crippen LogP contribution in [-0.4, -0.2) is 0 Å². The predicted octanol–water partition coefficient (Wildman–Crippen LogP) is 2.27. The molecule has 0 aromatic heterocycles. The van der Waals surface area contributed by atoms with Crippen molar-refractivity contribution in [3.05, 3.63) is 36.2 Å². The van der Waals surface area contributed by atoms with Crippen LogP contribution in [0.2, 0.25) is 0 Å². The number of rotatable bonds is 0. The van der Waals surface area contributed by atoms with Crippen LogP contribution in [-0.2, 0) is 0 Å². The van der Waals surface area contributed by atoms with E-state index < -0.39 is 0 Å². The van der Waals surface area contributed by atoms with Gasteiger partial charge in [0.2, 0.25) is 0 Å². The summed E-state index contributed by atoms with van der Waals surface area (Å²) in [6.45, 7) is 2.04. The van der Waals surface area contributed by atoms with Crippen molar-refractivity contribution in [3.8, 4) is 5.75 Å². The molecule has 0 bridgehead atoms. The van der Waals surface area contributed by atoms with E-state index in [1.165, 1.54) is 5.56 Å². The molecule has 0 unspecified atom stereocenters.